The first-order chi connectivity index (χ1) is 15.7. The number of para-hydroxylation sites is 1. The summed E-state index contributed by atoms with van der Waals surface area (Å²) < 4.78 is 15.1. The second-order valence-electron chi connectivity index (χ2n) is 6.65. The number of ether oxygens (including phenoxy) is 3. The highest BCUT2D eigenvalue weighted by molar-refractivity contribution is 7.80. The lowest BCUT2D eigenvalue weighted by Crippen LogP contribution is -2.16. The normalized spacial score (nSPS) is 10.3. The van der Waals surface area contributed by atoms with Gasteiger partial charge in [-0.3, -0.25) is 9.59 Å². The van der Waals surface area contributed by atoms with Crippen molar-refractivity contribution in [2.24, 2.45) is 5.73 Å². The Balaban J connectivity index is 0.000000498. The zero-order valence-corrected chi connectivity index (χ0v) is 20.7. The maximum atomic E-state index is 10.9. The molecule has 0 saturated carbocycles. The molecule has 0 bridgehead atoms. The number of rotatable bonds is 8. The lowest BCUT2D eigenvalue weighted by molar-refractivity contribution is -0.149. The minimum Gasteiger partial charge on any atom is -0.508 e. The molecule has 1 aromatic heterocycles. The van der Waals surface area contributed by atoms with Gasteiger partial charge in [-0.05, 0) is 25.0 Å². The van der Waals surface area contributed by atoms with Crippen LogP contribution in [-0.4, -0.2) is 40.2 Å². The Labute approximate surface area is 201 Å². The van der Waals surface area contributed by atoms with Crippen LogP contribution in [-0.2, 0) is 14.3 Å². The average molecular weight is 479 g/mol. The summed E-state index contributed by atoms with van der Waals surface area (Å²) in [5.41, 5.74) is 5.67. The molecule has 0 aliphatic carbocycles. The molecule has 1 heterocycles. The quantitative estimate of drug-likeness (QED) is 0.415. The predicted octanol–water partition coefficient (Wildman–Crippen LogP) is 4.56. The van der Waals surface area contributed by atoms with Crippen molar-refractivity contribution in [3.8, 4) is 17.2 Å². The third-order valence-corrected chi connectivity index (χ3v) is 4.17. The number of benzene rings is 1. The van der Waals surface area contributed by atoms with Crippen molar-refractivity contribution >= 4 is 29.1 Å². The van der Waals surface area contributed by atoms with Crippen LogP contribution in [0.25, 0.3) is 0 Å². The number of methoxy groups -OCH3 is 1. The molecule has 0 aliphatic heterocycles. The smallest absolute Gasteiger partial charge is 0.308 e. The summed E-state index contributed by atoms with van der Waals surface area (Å²) in [4.78, 5) is 25.7. The van der Waals surface area contributed by atoms with E-state index >= 15 is 0 Å². The van der Waals surface area contributed by atoms with Gasteiger partial charge in [-0.25, -0.2) is 4.98 Å². The van der Waals surface area contributed by atoms with Crippen LogP contribution in [0.3, 0.4) is 0 Å². The third-order valence-electron chi connectivity index (χ3n) is 3.98. The molecular formula is C24H34N2O6S. The van der Waals surface area contributed by atoms with E-state index in [-0.39, 0.29) is 28.5 Å². The van der Waals surface area contributed by atoms with Gasteiger partial charge >= 0.3 is 11.9 Å². The maximum absolute atomic E-state index is 10.9. The van der Waals surface area contributed by atoms with Crippen LogP contribution in [0.4, 0.5) is 0 Å². The maximum Gasteiger partial charge on any atom is 0.308 e. The third kappa shape index (κ3) is 13.1. The van der Waals surface area contributed by atoms with E-state index in [0.29, 0.717) is 17.9 Å². The number of nitrogens with two attached hydrogens (primary N) is 1. The SMILES string of the molecule is CCCC(CC)OC(=O)CC.COc1ccnc(C(N)=S)c1OC(C)=O.Oc1ccccc1. The highest BCUT2D eigenvalue weighted by atomic mass is 32.1. The fourth-order valence-corrected chi connectivity index (χ4v) is 2.52. The van der Waals surface area contributed by atoms with E-state index in [0.717, 1.165) is 19.3 Å². The molecule has 0 radical (unpaired) electrons. The number of aromatic nitrogens is 1. The van der Waals surface area contributed by atoms with Crippen LogP contribution in [0.5, 0.6) is 17.2 Å². The Morgan fingerprint density at radius 1 is 1.15 bits per heavy atom. The van der Waals surface area contributed by atoms with E-state index in [4.69, 9.17) is 37.3 Å². The van der Waals surface area contributed by atoms with Crippen molar-refractivity contribution in [3.63, 3.8) is 0 Å². The van der Waals surface area contributed by atoms with E-state index in [1.54, 1.807) is 30.3 Å². The molecule has 2 rings (SSSR count). The van der Waals surface area contributed by atoms with Crippen molar-refractivity contribution in [1.29, 1.82) is 0 Å². The number of phenolic OH excluding ortho intramolecular Hbond substituents is 1. The monoisotopic (exact) mass is 478 g/mol. The lowest BCUT2D eigenvalue weighted by Gasteiger charge is -2.14. The number of carbonyl (C=O) groups is 2. The molecule has 8 nitrogen and oxygen atoms in total. The lowest BCUT2D eigenvalue weighted by atomic mass is 10.1. The second kappa shape index (κ2) is 17.4. The summed E-state index contributed by atoms with van der Waals surface area (Å²) in [6.45, 7) is 7.24. The van der Waals surface area contributed by atoms with Gasteiger partial charge in [-0.2, -0.15) is 0 Å². The zero-order chi connectivity index (χ0) is 25.2. The van der Waals surface area contributed by atoms with Gasteiger partial charge in [0.2, 0.25) is 5.75 Å². The zero-order valence-electron chi connectivity index (χ0n) is 19.9. The first-order valence-electron chi connectivity index (χ1n) is 10.6. The van der Waals surface area contributed by atoms with Crippen LogP contribution in [0.15, 0.2) is 42.6 Å². The van der Waals surface area contributed by atoms with Crippen LogP contribution < -0.4 is 15.2 Å². The largest absolute Gasteiger partial charge is 0.508 e. The molecule has 0 spiro atoms. The minimum atomic E-state index is -0.487. The Morgan fingerprint density at radius 2 is 1.79 bits per heavy atom. The van der Waals surface area contributed by atoms with Gasteiger partial charge in [0, 0.05) is 25.6 Å². The summed E-state index contributed by atoms with van der Waals surface area (Å²) in [6, 6.07) is 10.3. The summed E-state index contributed by atoms with van der Waals surface area (Å²) in [7, 11) is 1.45. The fraction of sp³-hybridized carbons (Fsp3) is 0.417. The van der Waals surface area contributed by atoms with Crippen LogP contribution in [0, 0.1) is 0 Å². The first kappa shape index (κ1) is 29.8. The molecular weight excluding hydrogens is 444 g/mol. The summed E-state index contributed by atoms with van der Waals surface area (Å²) in [6.07, 6.45) is 5.10. The molecule has 182 valence electrons. The van der Waals surface area contributed by atoms with Crippen LogP contribution in [0.1, 0.15) is 59.1 Å². The van der Waals surface area contributed by atoms with E-state index in [1.165, 1.54) is 20.2 Å². The molecule has 2 aromatic rings. The fourth-order valence-electron chi connectivity index (χ4n) is 2.37. The number of phenols is 1. The Kier molecular flexibility index (Phi) is 15.7. The molecule has 9 heteroatoms. The molecule has 1 atom stereocenters. The van der Waals surface area contributed by atoms with Crippen molar-refractivity contribution in [2.75, 3.05) is 7.11 Å². The molecule has 33 heavy (non-hydrogen) atoms. The van der Waals surface area contributed by atoms with Gasteiger partial charge in [0.1, 0.15) is 22.5 Å². The molecule has 0 amide bonds. The van der Waals surface area contributed by atoms with Crippen molar-refractivity contribution < 1.29 is 28.9 Å². The van der Waals surface area contributed by atoms with Crippen LogP contribution in [0.2, 0.25) is 0 Å². The number of carbonyl (C=O) groups excluding carboxylic acids is 2. The molecule has 3 N–H and O–H groups in total. The number of thiocarbonyl (C=S) groups is 1. The summed E-state index contributed by atoms with van der Waals surface area (Å²) in [5.74, 6) is 0.273. The van der Waals surface area contributed by atoms with E-state index in [2.05, 4.69) is 11.9 Å². The highest BCUT2D eigenvalue weighted by Crippen LogP contribution is 2.29. The molecule has 0 aliphatic rings. The van der Waals surface area contributed by atoms with E-state index in [1.807, 2.05) is 19.9 Å². The molecule has 0 fully saturated rings. The van der Waals surface area contributed by atoms with Gasteiger partial charge in [0.05, 0.1) is 7.11 Å². The van der Waals surface area contributed by atoms with Crippen LogP contribution >= 0.6 is 12.2 Å². The number of aromatic hydroxyl groups is 1. The van der Waals surface area contributed by atoms with Gasteiger partial charge in [-0.1, -0.05) is 57.6 Å². The Hall–Kier alpha value is -3.20. The van der Waals surface area contributed by atoms with E-state index < -0.39 is 5.97 Å². The number of nitrogens with zero attached hydrogens (tertiary/aromatic N) is 1. The van der Waals surface area contributed by atoms with Gasteiger partial charge in [-0.15, -0.1) is 0 Å². The van der Waals surface area contributed by atoms with Gasteiger partial charge in [0.25, 0.3) is 0 Å². The Morgan fingerprint density at radius 3 is 2.18 bits per heavy atom. The number of hydrogen-bond acceptors (Lipinski definition) is 8. The predicted molar refractivity (Wildman–Crippen MR) is 131 cm³/mol. The van der Waals surface area contributed by atoms with Crippen molar-refractivity contribution in [3.05, 3.63) is 48.3 Å². The number of pyridine rings is 1. The molecule has 1 aromatic carbocycles. The molecule has 1 unspecified atom stereocenters. The van der Waals surface area contributed by atoms with Gasteiger partial charge < -0.3 is 25.1 Å². The second-order valence-corrected chi connectivity index (χ2v) is 7.09. The summed E-state index contributed by atoms with van der Waals surface area (Å²) in [5, 5.41) is 8.63. The minimum absolute atomic E-state index is 0.0464. The number of esters is 2. The summed E-state index contributed by atoms with van der Waals surface area (Å²) >= 11 is 4.78. The first-order valence-corrected chi connectivity index (χ1v) is 11.0. The molecule has 0 saturated heterocycles. The highest BCUT2D eigenvalue weighted by Gasteiger charge is 2.15. The van der Waals surface area contributed by atoms with E-state index in [9.17, 15) is 9.59 Å². The standard InChI is InChI=1S/C9H10N2O3S.C9H18O2.C6H6O/c1-5(12)14-8-6(13-2)3-4-11-7(8)9(10)15;1-4-7-8(5-2)11-9(10)6-3;7-6-4-2-1-3-5-6/h3-4H,1-2H3,(H2,10,15);8H,4-7H2,1-3H3;1-5,7H. The van der Waals surface area contributed by atoms with Gasteiger partial charge in [0.15, 0.2) is 5.75 Å². The van der Waals surface area contributed by atoms with Crippen molar-refractivity contribution in [1.82, 2.24) is 4.98 Å². The average Bonchev–Trinajstić information content (AvgIpc) is 2.79. The number of hydrogen-bond donors (Lipinski definition) is 2. The Bertz CT molecular complexity index is 861. The topological polar surface area (TPSA) is 121 Å². The van der Waals surface area contributed by atoms with Crippen molar-refractivity contribution in [2.45, 2.75) is 59.5 Å².